The molecule has 0 aromatic heterocycles. The van der Waals surface area contributed by atoms with Crippen molar-refractivity contribution in [3.05, 3.63) is 0 Å². The highest BCUT2D eigenvalue weighted by atomic mass is 16.5. The van der Waals surface area contributed by atoms with Crippen molar-refractivity contribution in [1.29, 1.82) is 0 Å². The van der Waals surface area contributed by atoms with Crippen LogP contribution in [0.4, 0.5) is 0 Å². The summed E-state index contributed by atoms with van der Waals surface area (Å²) in [5.74, 6) is 0.110. The number of carbonyl (C=O) groups is 1. The number of nitrogens with one attached hydrogen (secondary N) is 1. The molecule has 1 fully saturated rings. The van der Waals surface area contributed by atoms with Gasteiger partial charge in [-0.3, -0.25) is 4.79 Å². The minimum atomic E-state index is -0.241. The number of rotatable bonds is 2. The van der Waals surface area contributed by atoms with E-state index in [2.05, 4.69) is 5.32 Å². The van der Waals surface area contributed by atoms with Gasteiger partial charge in [0.25, 0.3) is 0 Å². The molecule has 11 heavy (non-hydrogen) atoms. The second kappa shape index (κ2) is 2.81. The Balaban J connectivity index is 2.68. The van der Waals surface area contributed by atoms with Crippen LogP contribution in [0.2, 0.25) is 0 Å². The number of carbonyl (C=O) groups excluding carboxylic acids is 1. The second-order valence-corrected chi connectivity index (χ2v) is 3.04. The van der Waals surface area contributed by atoms with Crippen molar-refractivity contribution in [2.24, 2.45) is 5.41 Å². The normalized spacial score (nSPS) is 36.1. The fraction of sp³-hybridized carbons (Fsp3) is 0.875. The summed E-state index contributed by atoms with van der Waals surface area (Å²) in [5, 5.41) is 2.67. The Bertz CT molecular complexity index is 165. The van der Waals surface area contributed by atoms with Gasteiger partial charge in [-0.25, -0.2) is 0 Å². The predicted molar refractivity (Wildman–Crippen MR) is 42.2 cm³/mol. The van der Waals surface area contributed by atoms with Crippen molar-refractivity contribution in [3.63, 3.8) is 0 Å². The van der Waals surface area contributed by atoms with E-state index in [0.717, 1.165) is 6.42 Å². The minimum absolute atomic E-state index is 0.0763. The second-order valence-electron chi connectivity index (χ2n) is 3.04. The molecular formula is C8H15NO2. The third kappa shape index (κ3) is 1.03. The zero-order valence-electron chi connectivity index (χ0n) is 7.31. The van der Waals surface area contributed by atoms with E-state index in [0.29, 0.717) is 6.61 Å². The summed E-state index contributed by atoms with van der Waals surface area (Å²) in [6.07, 6.45) is 0.931. The fourth-order valence-electron chi connectivity index (χ4n) is 1.50. The quantitative estimate of drug-likeness (QED) is 0.635. The van der Waals surface area contributed by atoms with E-state index in [4.69, 9.17) is 4.74 Å². The van der Waals surface area contributed by atoms with Crippen molar-refractivity contribution in [1.82, 2.24) is 5.32 Å². The van der Waals surface area contributed by atoms with Gasteiger partial charge in [0.05, 0.1) is 18.1 Å². The van der Waals surface area contributed by atoms with Gasteiger partial charge in [0, 0.05) is 7.05 Å². The topological polar surface area (TPSA) is 38.3 Å². The fourth-order valence-corrected chi connectivity index (χ4v) is 1.50. The molecule has 0 spiro atoms. The molecule has 1 aliphatic rings. The molecule has 0 aliphatic carbocycles. The molecule has 0 bridgehead atoms. The molecule has 1 saturated heterocycles. The lowest BCUT2D eigenvalue weighted by atomic mass is 9.76. The Morgan fingerprint density at radius 2 is 2.45 bits per heavy atom. The molecule has 1 rings (SSSR count). The predicted octanol–water partition coefficient (Wildman–Crippen LogP) is 0.547. The van der Waals surface area contributed by atoms with Crippen molar-refractivity contribution in [2.45, 2.75) is 26.4 Å². The number of amides is 1. The maximum absolute atomic E-state index is 11.4. The molecule has 64 valence electrons. The van der Waals surface area contributed by atoms with Gasteiger partial charge in [-0.1, -0.05) is 6.92 Å². The van der Waals surface area contributed by atoms with Gasteiger partial charge in [0.15, 0.2) is 0 Å². The number of hydrogen-bond acceptors (Lipinski definition) is 2. The lowest BCUT2D eigenvalue weighted by Gasteiger charge is -2.45. The molecule has 0 radical (unpaired) electrons. The molecular weight excluding hydrogens is 142 g/mol. The molecule has 3 nitrogen and oxygen atoms in total. The maximum Gasteiger partial charge on any atom is 0.230 e. The van der Waals surface area contributed by atoms with E-state index in [1.165, 1.54) is 0 Å². The highest BCUT2D eigenvalue weighted by Gasteiger charge is 2.49. The van der Waals surface area contributed by atoms with Gasteiger partial charge in [0.1, 0.15) is 0 Å². The zero-order chi connectivity index (χ0) is 8.48. The number of hydrogen-bond donors (Lipinski definition) is 1. The van der Waals surface area contributed by atoms with Crippen molar-refractivity contribution in [3.8, 4) is 0 Å². The molecule has 0 saturated carbocycles. The van der Waals surface area contributed by atoms with E-state index >= 15 is 0 Å². The van der Waals surface area contributed by atoms with Crippen LogP contribution in [0, 0.1) is 5.41 Å². The highest BCUT2D eigenvalue weighted by Crippen LogP contribution is 2.37. The largest absolute Gasteiger partial charge is 0.376 e. The molecule has 1 aliphatic heterocycles. The first-order valence-electron chi connectivity index (χ1n) is 4.01. The van der Waals surface area contributed by atoms with Crippen LogP contribution in [0.1, 0.15) is 20.3 Å². The summed E-state index contributed by atoms with van der Waals surface area (Å²) in [6, 6.07) is 0. The van der Waals surface area contributed by atoms with E-state index in [1.807, 2.05) is 13.8 Å². The summed E-state index contributed by atoms with van der Waals surface area (Å²) in [6.45, 7) is 4.54. The third-order valence-electron chi connectivity index (χ3n) is 2.68. The molecule has 3 heteroatoms. The van der Waals surface area contributed by atoms with E-state index < -0.39 is 0 Å². The van der Waals surface area contributed by atoms with E-state index in [9.17, 15) is 4.79 Å². The molecule has 2 unspecified atom stereocenters. The summed E-state index contributed by atoms with van der Waals surface area (Å²) in [4.78, 5) is 11.4. The van der Waals surface area contributed by atoms with Crippen LogP contribution in [-0.4, -0.2) is 25.7 Å². The highest BCUT2D eigenvalue weighted by molar-refractivity contribution is 5.83. The first kappa shape index (κ1) is 8.53. The van der Waals surface area contributed by atoms with Crippen LogP contribution in [0.3, 0.4) is 0 Å². The van der Waals surface area contributed by atoms with E-state index in [1.54, 1.807) is 7.05 Å². The summed E-state index contributed by atoms with van der Waals surface area (Å²) < 4.78 is 5.20. The van der Waals surface area contributed by atoms with Crippen molar-refractivity contribution < 1.29 is 9.53 Å². The Morgan fingerprint density at radius 3 is 2.55 bits per heavy atom. The molecule has 2 atom stereocenters. The van der Waals surface area contributed by atoms with Crippen molar-refractivity contribution in [2.75, 3.05) is 13.7 Å². The van der Waals surface area contributed by atoms with Gasteiger partial charge >= 0.3 is 0 Å². The van der Waals surface area contributed by atoms with Crippen molar-refractivity contribution >= 4 is 5.91 Å². The summed E-state index contributed by atoms with van der Waals surface area (Å²) >= 11 is 0. The average Bonchev–Trinajstić information content (AvgIpc) is 2.03. The van der Waals surface area contributed by atoms with Crippen LogP contribution in [-0.2, 0) is 9.53 Å². The molecule has 0 aromatic rings. The number of ether oxygens (including phenoxy) is 1. The molecule has 1 N–H and O–H groups in total. The van der Waals surface area contributed by atoms with Gasteiger partial charge in [-0.05, 0) is 13.3 Å². The SMILES string of the molecule is CCC1(C(=O)NC)COC1C. The Labute approximate surface area is 67.1 Å². The molecule has 0 aromatic carbocycles. The monoisotopic (exact) mass is 157 g/mol. The van der Waals surface area contributed by atoms with Crippen LogP contribution in [0.25, 0.3) is 0 Å². The average molecular weight is 157 g/mol. The van der Waals surface area contributed by atoms with Crippen LogP contribution >= 0.6 is 0 Å². The third-order valence-corrected chi connectivity index (χ3v) is 2.68. The Kier molecular flexibility index (Phi) is 2.18. The van der Waals surface area contributed by atoms with Gasteiger partial charge in [0.2, 0.25) is 5.91 Å². The van der Waals surface area contributed by atoms with Crippen LogP contribution < -0.4 is 5.32 Å². The Morgan fingerprint density at radius 1 is 1.82 bits per heavy atom. The molecule has 1 heterocycles. The Hall–Kier alpha value is -0.570. The standard InChI is InChI=1S/C8H15NO2/c1-4-8(7(10)9-3)5-11-6(8)2/h6H,4-5H2,1-3H3,(H,9,10). The maximum atomic E-state index is 11.4. The smallest absolute Gasteiger partial charge is 0.230 e. The minimum Gasteiger partial charge on any atom is -0.376 e. The van der Waals surface area contributed by atoms with Crippen LogP contribution in [0.5, 0.6) is 0 Å². The van der Waals surface area contributed by atoms with Gasteiger partial charge in [-0.2, -0.15) is 0 Å². The van der Waals surface area contributed by atoms with Gasteiger partial charge in [-0.15, -0.1) is 0 Å². The van der Waals surface area contributed by atoms with Gasteiger partial charge < -0.3 is 10.1 Å². The van der Waals surface area contributed by atoms with E-state index in [-0.39, 0.29) is 17.4 Å². The lowest BCUT2D eigenvalue weighted by Crippen LogP contribution is -2.58. The first-order chi connectivity index (χ1) is 5.17. The summed E-state index contributed by atoms with van der Waals surface area (Å²) in [7, 11) is 1.67. The summed E-state index contributed by atoms with van der Waals surface area (Å²) in [5.41, 5.74) is -0.241. The molecule has 1 amide bonds. The zero-order valence-corrected chi connectivity index (χ0v) is 7.31. The first-order valence-corrected chi connectivity index (χ1v) is 4.01. The lowest BCUT2D eigenvalue weighted by molar-refractivity contribution is -0.190. The van der Waals surface area contributed by atoms with Crippen LogP contribution in [0.15, 0.2) is 0 Å².